The third kappa shape index (κ3) is 3.99. The maximum absolute atomic E-state index is 12.7. The second kappa shape index (κ2) is 7.83. The summed E-state index contributed by atoms with van der Waals surface area (Å²) in [4.78, 5) is 16.8. The molecule has 1 aliphatic rings. The van der Waals surface area contributed by atoms with E-state index in [1.807, 2.05) is 30.3 Å². The normalized spacial score (nSPS) is 15.4. The number of anilines is 1. The summed E-state index contributed by atoms with van der Waals surface area (Å²) in [6, 6.07) is 14.4. The van der Waals surface area contributed by atoms with Gasteiger partial charge in [-0.05, 0) is 42.7 Å². The van der Waals surface area contributed by atoms with Crippen molar-refractivity contribution in [3.8, 4) is 0 Å². The predicted molar refractivity (Wildman–Crippen MR) is 112 cm³/mol. The molecule has 6 nitrogen and oxygen atoms in total. The molecule has 28 heavy (non-hydrogen) atoms. The number of carbonyl (C=O) groups excluding carboxylic acids is 1. The molecular weight excluding hydrogens is 394 g/mol. The highest BCUT2D eigenvalue weighted by Gasteiger charge is 2.27. The van der Waals surface area contributed by atoms with Gasteiger partial charge in [0.25, 0.3) is 0 Å². The van der Waals surface area contributed by atoms with Crippen LogP contribution in [0.25, 0.3) is 16.3 Å². The van der Waals surface area contributed by atoms with Gasteiger partial charge in [-0.2, -0.15) is 4.31 Å². The summed E-state index contributed by atoms with van der Waals surface area (Å²) >= 11 is 1.26. The fraction of sp³-hybridized carbons (Fsp3) is 0.200. The van der Waals surface area contributed by atoms with E-state index in [0.717, 1.165) is 23.1 Å². The minimum atomic E-state index is -3.47. The maximum atomic E-state index is 12.7. The van der Waals surface area contributed by atoms with Crippen LogP contribution < -0.4 is 5.32 Å². The summed E-state index contributed by atoms with van der Waals surface area (Å²) in [6.07, 6.45) is 4.97. The molecule has 2 aromatic carbocycles. The Bertz CT molecular complexity index is 1130. The zero-order valence-corrected chi connectivity index (χ0v) is 16.7. The number of rotatable bonds is 5. The van der Waals surface area contributed by atoms with Crippen molar-refractivity contribution in [2.75, 3.05) is 18.4 Å². The van der Waals surface area contributed by atoms with Gasteiger partial charge in [-0.25, -0.2) is 13.4 Å². The van der Waals surface area contributed by atoms with Crippen molar-refractivity contribution in [3.05, 3.63) is 60.2 Å². The molecule has 1 aromatic heterocycles. The molecule has 1 aliphatic heterocycles. The second-order valence-corrected chi connectivity index (χ2v) is 9.46. The first kappa shape index (κ1) is 18.8. The number of thiazole rings is 1. The van der Waals surface area contributed by atoms with Crippen molar-refractivity contribution in [2.45, 2.75) is 17.7 Å². The Balaban J connectivity index is 1.52. The standard InChI is InChI=1S/C20H19N3O3S2/c24-19(11-8-15-6-2-1-3-7-15)22-20-21-17-10-9-16(14-18(17)27-20)28(25,26)23-12-4-5-13-23/h1-3,6-11,14H,4-5,12-13H2,(H,21,22,24)/b11-8+. The summed E-state index contributed by atoms with van der Waals surface area (Å²) in [7, 11) is -3.47. The molecule has 3 aromatic rings. The van der Waals surface area contributed by atoms with Gasteiger partial charge in [0.15, 0.2) is 5.13 Å². The number of carbonyl (C=O) groups is 1. The molecule has 0 bridgehead atoms. The highest BCUT2D eigenvalue weighted by molar-refractivity contribution is 7.89. The van der Waals surface area contributed by atoms with E-state index in [1.54, 1.807) is 24.3 Å². The van der Waals surface area contributed by atoms with Gasteiger partial charge in [-0.1, -0.05) is 41.7 Å². The van der Waals surface area contributed by atoms with Crippen LogP contribution >= 0.6 is 11.3 Å². The van der Waals surface area contributed by atoms with Crippen LogP contribution in [-0.2, 0) is 14.8 Å². The Kier molecular flexibility index (Phi) is 5.25. The third-order valence-corrected chi connectivity index (χ3v) is 7.35. The average Bonchev–Trinajstić information content (AvgIpc) is 3.36. The minimum absolute atomic E-state index is 0.271. The van der Waals surface area contributed by atoms with E-state index in [4.69, 9.17) is 0 Å². The van der Waals surface area contributed by atoms with Crippen LogP contribution in [0.3, 0.4) is 0 Å². The number of aromatic nitrogens is 1. The lowest BCUT2D eigenvalue weighted by Crippen LogP contribution is -2.27. The number of sulfonamides is 1. The molecule has 0 radical (unpaired) electrons. The quantitative estimate of drug-likeness (QED) is 0.647. The first-order valence-corrected chi connectivity index (χ1v) is 11.2. The average molecular weight is 414 g/mol. The molecule has 1 amide bonds. The van der Waals surface area contributed by atoms with Crippen LogP contribution in [0.4, 0.5) is 5.13 Å². The number of hydrogen-bond acceptors (Lipinski definition) is 5. The smallest absolute Gasteiger partial charge is 0.250 e. The summed E-state index contributed by atoms with van der Waals surface area (Å²) in [6.45, 7) is 1.14. The Morgan fingerprint density at radius 3 is 2.61 bits per heavy atom. The molecule has 0 atom stereocenters. The Hall–Kier alpha value is -2.55. The lowest BCUT2D eigenvalue weighted by atomic mass is 10.2. The van der Waals surface area contributed by atoms with E-state index in [2.05, 4.69) is 10.3 Å². The number of benzene rings is 2. The van der Waals surface area contributed by atoms with Crippen LogP contribution in [0, 0.1) is 0 Å². The lowest BCUT2D eigenvalue weighted by molar-refractivity contribution is -0.111. The summed E-state index contributed by atoms with van der Waals surface area (Å²) in [5.41, 5.74) is 1.59. The van der Waals surface area contributed by atoms with Gasteiger partial charge in [0.1, 0.15) is 0 Å². The fourth-order valence-corrected chi connectivity index (χ4v) is 5.61. The molecule has 2 heterocycles. The van der Waals surface area contributed by atoms with Gasteiger partial charge in [0.2, 0.25) is 15.9 Å². The van der Waals surface area contributed by atoms with Crippen molar-refractivity contribution in [3.63, 3.8) is 0 Å². The van der Waals surface area contributed by atoms with E-state index >= 15 is 0 Å². The van der Waals surface area contributed by atoms with E-state index < -0.39 is 10.0 Å². The van der Waals surface area contributed by atoms with Crippen molar-refractivity contribution < 1.29 is 13.2 Å². The maximum Gasteiger partial charge on any atom is 0.250 e. The predicted octanol–water partition coefficient (Wildman–Crippen LogP) is 3.73. The van der Waals surface area contributed by atoms with Gasteiger partial charge in [0, 0.05) is 19.2 Å². The molecule has 0 saturated carbocycles. The number of hydrogen-bond donors (Lipinski definition) is 1. The third-order valence-electron chi connectivity index (χ3n) is 4.52. The van der Waals surface area contributed by atoms with Gasteiger partial charge < -0.3 is 0 Å². The number of nitrogens with zero attached hydrogens (tertiary/aromatic N) is 2. The highest BCUT2D eigenvalue weighted by Crippen LogP contribution is 2.30. The first-order valence-electron chi connectivity index (χ1n) is 8.97. The van der Waals surface area contributed by atoms with Gasteiger partial charge in [-0.15, -0.1) is 0 Å². The van der Waals surface area contributed by atoms with Gasteiger partial charge in [0.05, 0.1) is 15.1 Å². The fourth-order valence-electron chi connectivity index (χ4n) is 3.08. The molecule has 0 spiro atoms. The minimum Gasteiger partial charge on any atom is -0.298 e. The molecule has 1 fully saturated rings. The van der Waals surface area contributed by atoms with Crippen LogP contribution in [0.1, 0.15) is 18.4 Å². The van der Waals surface area contributed by atoms with Crippen LogP contribution in [0.2, 0.25) is 0 Å². The van der Waals surface area contributed by atoms with Gasteiger partial charge >= 0.3 is 0 Å². The number of amides is 1. The molecule has 144 valence electrons. The Labute approximate surface area is 167 Å². The van der Waals surface area contributed by atoms with Crippen molar-refractivity contribution in [2.24, 2.45) is 0 Å². The largest absolute Gasteiger partial charge is 0.298 e. The zero-order valence-electron chi connectivity index (χ0n) is 15.0. The van der Waals surface area contributed by atoms with Crippen LogP contribution in [0.5, 0.6) is 0 Å². The summed E-state index contributed by atoms with van der Waals surface area (Å²) < 4.78 is 27.7. The Morgan fingerprint density at radius 2 is 1.86 bits per heavy atom. The molecule has 8 heteroatoms. The highest BCUT2D eigenvalue weighted by atomic mass is 32.2. The molecular formula is C20H19N3O3S2. The molecule has 1 saturated heterocycles. The molecule has 0 aliphatic carbocycles. The second-order valence-electron chi connectivity index (χ2n) is 6.49. The van der Waals surface area contributed by atoms with Crippen LogP contribution in [-0.4, -0.2) is 36.7 Å². The Morgan fingerprint density at radius 1 is 1.11 bits per heavy atom. The topological polar surface area (TPSA) is 79.4 Å². The summed E-state index contributed by atoms with van der Waals surface area (Å²) in [5.74, 6) is -0.284. The van der Waals surface area contributed by atoms with Gasteiger partial charge in [-0.3, -0.25) is 10.1 Å². The van der Waals surface area contributed by atoms with Crippen molar-refractivity contribution in [1.82, 2.24) is 9.29 Å². The lowest BCUT2D eigenvalue weighted by Gasteiger charge is -2.15. The molecule has 0 unspecified atom stereocenters. The van der Waals surface area contributed by atoms with E-state index in [-0.39, 0.29) is 10.8 Å². The molecule has 4 rings (SSSR count). The van der Waals surface area contributed by atoms with E-state index in [9.17, 15) is 13.2 Å². The zero-order chi connectivity index (χ0) is 19.6. The molecule has 1 N–H and O–H groups in total. The van der Waals surface area contributed by atoms with Crippen molar-refractivity contribution >= 4 is 48.7 Å². The van der Waals surface area contributed by atoms with Crippen molar-refractivity contribution in [1.29, 1.82) is 0 Å². The van der Waals surface area contributed by atoms with E-state index in [0.29, 0.717) is 23.7 Å². The SMILES string of the molecule is O=C(/C=C/c1ccccc1)Nc1nc2ccc(S(=O)(=O)N3CCCC3)cc2s1. The summed E-state index contributed by atoms with van der Waals surface area (Å²) in [5, 5.41) is 3.18. The number of nitrogens with one attached hydrogen (secondary N) is 1. The monoisotopic (exact) mass is 413 g/mol. The van der Waals surface area contributed by atoms with E-state index in [1.165, 1.54) is 21.7 Å². The number of fused-ring (bicyclic) bond motifs is 1. The van der Waals surface area contributed by atoms with Crippen LogP contribution in [0.15, 0.2) is 59.5 Å². The first-order chi connectivity index (χ1) is 13.5.